The lowest BCUT2D eigenvalue weighted by Crippen LogP contribution is -2.07. The Labute approximate surface area is 69.2 Å². The van der Waals surface area contributed by atoms with Crippen LogP contribution in [0.2, 0.25) is 0 Å². The van der Waals surface area contributed by atoms with Crippen molar-refractivity contribution in [2.75, 3.05) is 6.61 Å². The summed E-state index contributed by atoms with van der Waals surface area (Å²) < 4.78 is 28.0. The fraction of sp³-hybridized carbons (Fsp3) is 0.375. The molecule has 1 aromatic heterocycles. The van der Waals surface area contributed by atoms with Gasteiger partial charge in [0.25, 0.3) is 6.43 Å². The van der Waals surface area contributed by atoms with Crippen LogP contribution in [-0.4, -0.2) is 18.0 Å². The molecule has 0 unspecified atom stereocenters. The molecular formula is C8H9F2NO. The predicted octanol–water partition coefficient (Wildman–Crippen LogP) is 2.03. The Morgan fingerprint density at radius 1 is 1.50 bits per heavy atom. The van der Waals surface area contributed by atoms with Gasteiger partial charge < -0.3 is 4.74 Å². The van der Waals surface area contributed by atoms with E-state index in [4.69, 9.17) is 0 Å². The van der Waals surface area contributed by atoms with Crippen molar-refractivity contribution in [2.24, 2.45) is 0 Å². The van der Waals surface area contributed by atoms with Crippen LogP contribution in [0.4, 0.5) is 8.78 Å². The molecule has 1 heterocycles. The first-order valence-corrected chi connectivity index (χ1v) is 3.53. The molecule has 12 heavy (non-hydrogen) atoms. The second-order valence-electron chi connectivity index (χ2n) is 2.32. The van der Waals surface area contributed by atoms with Gasteiger partial charge in [0.1, 0.15) is 0 Å². The third-order valence-electron chi connectivity index (χ3n) is 1.22. The molecule has 1 rings (SSSR count). The van der Waals surface area contributed by atoms with E-state index in [-0.39, 0.29) is 5.88 Å². The lowest BCUT2D eigenvalue weighted by Gasteiger charge is -2.03. The highest BCUT2D eigenvalue weighted by Gasteiger charge is 2.03. The van der Waals surface area contributed by atoms with E-state index >= 15 is 0 Å². The average Bonchev–Trinajstić information content (AvgIpc) is 2.01. The van der Waals surface area contributed by atoms with E-state index in [2.05, 4.69) is 9.72 Å². The van der Waals surface area contributed by atoms with Crippen LogP contribution in [-0.2, 0) is 0 Å². The Bertz CT molecular complexity index is 253. The minimum atomic E-state index is -2.45. The molecule has 0 amide bonds. The number of ether oxygens (including phenoxy) is 1. The van der Waals surface area contributed by atoms with Gasteiger partial charge >= 0.3 is 0 Å². The number of hydrogen-bond acceptors (Lipinski definition) is 2. The van der Waals surface area contributed by atoms with E-state index in [9.17, 15) is 8.78 Å². The summed E-state index contributed by atoms with van der Waals surface area (Å²) in [7, 11) is 0. The van der Waals surface area contributed by atoms with Crippen molar-refractivity contribution >= 4 is 0 Å². The Hall–Kier alpha value is -1.19. The monoisotopic (exact) mass is 173 g/mol. The molecule has 0 saturated carbocycles. The minimum Gasteiger partial charge on any atom is -0.472 e. The maximum Gasteiger partial charge on any atom is 0.272 e. The molecule has 0 N–H and O–H groups in total. The normalized spacial score (nSPS) is 10.3. The molecule has 0 atom stereocenters. The van der Waals surface area contributed by atoms with Crippen molar-refractivity contribution in [3.8, 4) is 5.88 Å². The summed E-state index contributed by atoms with van der Waals surface area (Å²) in [6.07, 6.45) is -2.45. The first-order chi connectivity index (χ1) is 5.68. The van der Waals surface area contributed by atoms with Gasteiger partial charge in [0.2, 0.25) is 5.88 Å². The van der Waals surface area contributed by atoms with E-state index in [0.29, 0.717) is 0 Å². The largest absolute Gasteiger partial charge is 0.472 e. The molecule has 0 bridgehead atoms. The zero-order valence-electron chi connectivity index (χ0n) is 6.63. The van der Waals surface area contributed by atoms with Crippen LogP contribution < -0.4 is 4.74 Å². The number of aryl methyl sites for hydroxylation is 1. The third-order valence-corrected chi connectivity index (χ3v) is 1.22. The number of rotatable bonds is 3. The highest BCUT2D eigenvalue weighted by atomic mass is 19.3. The zero-order valence-corrected chi connectivity index (χ0v) is 6.63. The molecule has 0 aliphatic rings. The van der Waals surface area contributed by atoms with E-state index in [1.165, 1.54) is 0 Å². The Kier molecular flexibility index (Phi) is 2.96. The highest BCUT2D eigenvalue weighted by molar-refractivity contribution is 5.14. The highest BCUT2D eigenvalue weighted by Crippen LogP contribution is 2.07. The van der Waals surface area contributed by atoms with Gasteiger partial charge in [0, 0.05) is 11.8 Å². The molecule has 0 spiro atoms. The smallest absolute Gasteiger partial charge is 0.272 e. The van der Waals surface area contributed by atoms with Crippen LogP contribution in [0.5, 0.6) is 5.88 Å². The second kappa shape index (κ2) is 3.99. The molecular weight excluding hydrogens is 164 g/mol. The molecule has 66 valence electrons. The van der Waals surface area contributed by atoms with Crippen LogP contribution in [0.25, 0.3) is 0 Å². The fourth-order valence-electron chi connectivity index (χ4n) is 0.747. The van der Waals surface area contributed by atoms with Crippen molar-refractivity contribution < 1.29 is 13.5 Å². The second-order valence-corrected chi connectivity index (χ2v) is 2.32. The van der Waals surface area contributed by atoms with Crippen molar-refractivity contribution in [2.45, 2.75) is 13.3 Å². The van der Waals surface area contributed by atoms with E-state index in [1.54, 1.807) is 25.1 Å². The molecule has 0 saturated heterocycles. The van der Waals surface area contributed by atoms with Gasteiger partial charge in [-0.15, -0.1) is 0 Å². The Morgan fingerprint density at radius 3 is 2.83 bits per heavy atom. The molecule has 0 aliphatic carbocycles. The van der Waals surface area contributed by atoms with Crippen molar-refractivity contribution in [3.63, 3.8) is 0 Å². The SMILES string of the molecule is Cc1cccc(OCC(F)F)n1. The van der Waals surface area contributed by atoms with E-state index < -0.39 is 13.0 Å². The van der Waals surface area contributed by atoms with Crippen molar-refractivity contribution in [3.05, 3.63) is 23.9 Å². The van der Waals surface area contributed by atoms with E-state index in [1.807, 2.05) is 0 Å². The summed E-state index contributed by atoms with van der Waals surface area (Å²) >= 11 is 0. The Balaban J connectivity index is 2.52. The standard InChI is InChI=1S/C8H9F2NO/c1-6-3-2-4-8(11-6)12-5-7(9)10/h2-4,7H,5H2,1H3. The molecule has 0 aromatic carbocycles. The summed E-state index contributed by atoms with van der Waals surface area (Å²) in [5.41, 5.74) is 0.752. The van der Waals surface area contributed by atoms with Gasteiger partial charge in [-0.3, -0.25) is 0 Å². The number of aromatic nitrogens is 1. The summed E-state index contributed by atoms with van der Waals surface area (Å²) in [5, 5.41) is 0. The van der Waals surface area contributed by atoms with Crippen LogP contribution in [0.15, 0.2) is 18.2 Å². The number of hydrogen-bond donors (Lipinski definition) is 0. The molecule has 1 aromatic rings. The first kappa shape index (κ1) is 8.90. The van der Waals surface area contributed by atoms with Crippen LogP contribution >= 0.6 is 0 Å². The number of pyridine rings is 1. The summed E-state index contributed by atoms with van der Waals surface area (Å²) in [4.78, 5) is 3.89. The average molecular weight is 173 g/mol. The molecule has 4 heteroatoms. The topological polar surface area (TPSA) is 22.1 Å². The predicted molar refractivity (Wildman–Crippen MR) is 40.5 cm³/mol. The number of alkyl halides is 2. The van der Waals surface area contributed by atoms with Crippen LogP contribution in [0, 0.1) is 6.92 Å². The summed E-state index contributed by atoms with van der Waals surface area (Å²) in [5.74, 6) is 0.246. The molecule has 0 radical (unpaired) electrons. The number of nitrogens with zero attached hydrogens (tertiary/aromatic N) is 1. The van der Waals surface area contributed by atoms with Gasteiger partial charge in [0.15, 0.2) is 6.61 Å². The van der Waals surface area contributed by atoms with Gasteiger partial charge in [-0.1, -0.05) is 6.07 Å². The summed E-state index contributed by atoms with van der Waals surface area (Å²) in [6.45, 7) is 1.17. The lowest BCUT2D eigenvalue weighted by atomic mass is 10.4. The summed E-state index contributed by atoms with van der Waals surface area (Å²) in [6, 6.07) is 5.04. The molecule has 0 aliphatic heterocycles. The minimum absolute atomic E-state index is 0.246. The first-order valence-electron chi connectivity index (χ1n) is 3.53. The molecule has 0 fully saturated rings. The van der Waals surface area contributed by atoms with Crippen LogP contribution in [0.1, 0.15) is 5.69 Å². The van der Waals surface area contributed by atoms with Crippen LogP contribution in [0.3, 0.4) is 0 Å². The van der Waals surface area contributed by atoms with Crippen molar-refractivity contribution in [1.29, 1.82) is 0 Å². The van der Waals surface area contributed by atoms with Gasteiger partial charge in [0.05, 0.1) is 0 Å². The maximum atomic E-state index is 11.7. The van der Waals surface area contributed by atoms with Crippen molar-refractivity contribution in [1.82, 2.24) is 4.98 Å². The van der Waals surface area contributed by atoms with Gasteiger partial charge in [-0.05, 0) is 13.0 Å². The van der Waals surface area contributed by atoms with Gasteiger partial charge in [-0.25, -0.2) is 13.8 Å². The maximum absolute atomic E-state index is 11.7. The molecule has 2 nitrogen and oxygen atoms in total. The Morgan fingerprint density at radius 2 is 2.25 bits per heavy atom. The third kappa shape index (κ3) is 2.82. The zero-order chi connectivity index (χ0) is 8.97. The van der Waals surface area contributed by atoms with Gasteiger partial charge in [-0.2, -0.15) is 0 Å². The lowest BCUT2D eigenvalue weighted by molar-refractivity contribution is 0.0795. The fourth-order valence-corrected chi connectivity index (χ4v) is 0.747. The number of halogens is 2. The quantitative estimate of drug-likeness (QED) is 0.697. The van der Waals surface area contributed by atoms with E-state index in [0.717, 1.165) is 5.69 Å².